The van der Waals surface area contributed by atoms with E-state index in [-0.39, 0.29) is 5.25 Å². The van der Waals surface area contributed by atoms with E-state index in [4.69, 9.17) is 5.73 Å². The van der Waals surface area contributed by atoms with Crippen LogP contribution in [-0.2, 0) is 0 Å². The molecule has 0 bridgehead atoms. The van der Waals surface area contributed by atoms with Crippen LogP contribution >= 0.6 is 12.6 Å². The molecular formula is C14H21NS. The topological polar surface area (TPSA) is 26.0 Å². The zero-order chi connectivity index (χ0) is 11.4. The molecule has 1 unspecified atom stereocenters. The van der Waals surface area contributed by atoms with Gasteiger partial charge in [-0.1, -0.05) is 43.5 Å². The van der Waals surface area contributed by atoms with Gasteiger partial charge in [0, 0.05) is 11.8 Å². The van der Waals surface area contributed by atoms with Crippen LogP contribution in [0.3, 0.4) is 0 Å². The molecule has 0 heterocycles. The van der Waals surface area contributed by atoms with Gasteiger partial charge in [0.05, 0.1) is 0 Å². The number of thiol groups is 1. The van der Waals surface area contributed by atoms with Crippen molar-refractivity contribution in [3.8, 4) is 0 Å². The van der Waals surface area contributed by atoms with Gasteiger partial charge >= 0.3 is 0 Å². The third kappa shape index (κ3) is 2.80. The molecule has 2 heteroatoms. The Bertz CT molecular complexity index is 314. The number of rotatable bonds is 3. The van der Waals surface area contributed by atoms with E-state index in [2.05, 4.69) is 36.9 Å². The molecule has 1 aromatic carbocycles. The van der Waals surface area contributed by atoms with E-state index in [1.807, 2.05) is 0 Å². The minimum absolute atomic E-state index is 0.181. The summed E-state index contributed by atoms with van der Waals surface area (Å²) in [5.74, 6) is 0.791. The first-order valence-electron chi connectivity index (χ1n) is 6.29. The summed E-state index contributed by atoms with van der Waals surface area (Å²) in [6, 6.07) is 8.91. The van der Waals surface area contributed by atoms with Crippen molar-refractivity contribution in [2.24, 2.45) is 5.73 Å². The predicted molar refractivity (Wildman–Crippen MR) is 73.0 cm³/mol. The number of hydrogen-bond donors (Lipinski definition) is 2. The van der Waals surface area contributed by atoms with Crippen LogP contribution in [0.15, 0.2) is 24.3 Å². The second-order valence-electron chi connectivity index (χ2n) is 4.75. The molecule has 88 valence electrons. The highest BCUT2D eigenvalue weighted by Crippen LogP contribution is 2.33. The Kier molecular flexibility index (Phi) is 4.30. The lowest BCUT2D eigenvalue weighted by molar-refractivity contribution is 0.443. The average Bonchev–Trinajstić information content (AvgIpc) is 2.39. The summed E-state index contributed by atoms with van der Waals surface area (Å²) in [4.78, 5) is 0. The van der Waals surface area contributed by atoms with E-state index in [1.54, 1.807) is 0 Å². The molecule has 1 fully saturated rings. The lowest BCUT2D eigenvalue weighted by Crippen LogP contribution is -2.08. The van der Waals surface area contributed by atoms with Crippen LogP contribution in [0.2, 0.25) is 0 Å². The normalized spacial score (nSPS) is 19.6. The molecule has 1 aliphatic carbocycles. The Morgan fingerprint density at radius 3 is 2.31 bits per heavy atom. The molecule has 1 atom stereocenters. The molecule has 0 radical (unpaired) electrons. The van der Waals surface area contributed by atoms with E-state index >= 15 is 0 Å². The fourth-order valence-electron chi connectivity index (χ4n) is 2.56. The molecular weight excluding hydrogens is 214 g/mol. The second kappa shape index (κ2) is 5.74. The zero-order valence-electron chi connectivity index (χ0n) is 9.73. The Hall–Kier alpha value is -0.470. The van der Waals surface area contributed by atoms with Crippen molar-refractivity contribution in [2.75, 3.05) is 6.54 Å². The number of hydrogen-bond acceptors (Lipinski definition) is 2. The molecule has 0 aliphatic heterocycles. The molecule has 1 nitrogen and oxygen atoms in total. The minimum Gasteiger partial charge on any atom is -0.329 e. The van der Waals surface area contributed by atoms with Crippen LogP contribution < -0.4 is 5.73 Å². The predicted octanol–water partition coefficient (Wildman–Crippen LogP) is 3.66. The van der Waals surface area contributed by atoms with Crippen LogP contribution in [0.5, 0.6) is 0 Å². The summed E-state index contributed by atoms with van der Waals surface area (Å²) in [5, 5.41) is 0.181. The van der Waals surface area contributed by atoms with Gasteiger partial charge in [0.1, 0.15) is 0 Å². The lowest BCUT2D eigenvalue weighted by Gasteiger charge is -2.22. The molecule has 2 rings (SSSR count). The molecule has 0 spiro atoms. The van der Waals surface area contributed by atoms with Crippen LogP contribution in [0, 0.1) is 0 Å². The molecule has 1 saturated carbocycles. The van der Waals surface area contributed by atoms with Gasteiger partial charge in [-0.3, -0.25) is 0 Å². The monoisotopic (exact) mass is 235 g/mol. The fourth-order valence-corrected chi connectivity index (χ4v) is 2.73. The van der Waals surface area contributed by atoms with E-state index in [0.717, 1.165) is 5.92 Å². The summed E-state index contributed by atoms with van der Waals surface area (Å²) in [6.07, 6.45) is 6.93. The van der Waals surface area contributed by atoms with Crippen molar-refractivity contribution in [3.05, 3.63) is 35.4 Å². The Morgan fingerprint density at radius 1 is 1.12 bits per heavy atom. The van der Waals surface area contributed by atoms with Gasteiger partial charge in [-0.05, 0) is 29.9 Å². The van der Waals surface area contributed by atoms with Gasteiger partial charge in [-0.15, -0.1) is 0 Å². The van der Waals surface area contributed by atoms with Gasteiger partial charge in [-0.2, -0.15) is 12.6 Å². The summed E-state index contributed by atoms with van der Waals surface area (Å²) in [7, 11) is 0. The third-order valence-corrected chi connectivity index (χ3v) is 4.13. The quantitative estimate of drug-likeness (QED) is 0.768. The maximum atomic E-state index is 5.61. The molecule has 0 aromatic heterocycles. The van der Waals surface area contributed by atoms with Crippen LogP contribution in [0.1, 0.15) is 54.4 Å². The van der Waals surface area contributed by atoms with Crippen molar-refractivity contribution in [1.29, 1.82) is 0 Å². The highest BCUT2D eigenvalue weighted by Gasteiger charge is 2.15. The average molecular weight is 235 g/mol. The maximum Gasteiger partial charge on any atom is 0.0389 e. The molecule has 1 aromatic rings. The van der Waals surface area contributed by atoms with Crippen molar-refractivity contribution in [3.63, 3.8) is 0 Å². The second-order valence-corrected chi connectivity index (χ2v) is 5.38. The van der Waals surface area contributed by atoms with Crippen LogP contribution in [-0.4, -0.2) is 6.54 Å². The standard InChI is InChI=1S/C14H21NS/c15-10-14(16)13-8-6-12(7-9-13)11-4-2-1-3-5-11/h6-9,11,14,16H,1-5,10,15H2. The van der Waals surface area contributed by atoms with Gasteiger partial charge in [0.25, 0.3) is 0 Å². The van der Waals surface area contributed by atoms with E-state index in [1.165, 1.54) is 43.2 Å². The zero-order valence-corrected chi connectivity index (χ0v) is 10.6. The summed E-state index contributed by atoms with van der Waals surface area (Å²) in [5.41, 5.74) is 8.35. The smallest absolute Gasteiger partial charge is 0.0389 e. The molecule has 2 N–H and O–H groups in total. The van der Waals surface area contributed by atoms with Gasteiger partial charge < -0.3 is 5.73 Å². The Morgan fingerprint density at radius 2 is 1.75 bits per heavy atom. The summed E-state index contributed by atoms with van der Waals surface area (Å²) < 4.78 is 0. The minimum atomic E-state index is 0.181. The third-order valence-electron chi connectivity index (χ3n) is 3.62. The van der Waals surface area contributed by atoms with Crippen LogP contribution in [0.4, 0.5) is 0 Å². The van der Waals surface area contributed by atoms with Crippen LogP contribution in [0.25, 0.3) is 0 Å². The van der Waals surface area contributed by atoms with Gasteiger partial charge in [-0.25, -0.2) is 0 Å². The number of benzene rings is 1. The first-order chi connectivity index (χ1) is 7.81. The van der Waals surface area contributed by atoms with E-state index in [0.29, 0.717) is 6.54 Å². The largest absolute Gasteiger partial charge is 0.329 e. The summed E-state index contributed by atoms with van der Waals surface area (Å²) >= 11 is 4.46. The molecule has 16 heavy (non-hydrogen) atoms. The highest BCUT2D eigenvalue weighted by molar-refractivity contribution is 7.80. The Labute approximate surface area is 104 Å². The summed E-state index contributed by atoms with van der Waals surface area (Å²) in [6.45, 7) is 0.603. The van der Waals surface area contributed by atoms with E-state index < -0.39 is 0 Å². The first-order valence-corrected chi connectivity index (χ1v) is 6.81. The maximum absolute atomic E-state index is 5.61. The van der Waals surface area contributed by atoms with E-state index in [9.17, 15) is 0 Å². The fraction of sp³-hybridized carbons (Fsp3) is 0.571. The van der Waals surface area contributed by atoms with Crippen molar-refractivity contribution in [2.45, 2.75) is 43.3 Å². The van der Waals surface area contributed by atoms with Gasteiger partial charge in [0.2, 0.25) is 0 Å². The SMILES string of the molecule is NCC(S)c1ccc(C2CCCCC2)cc1. The van der Waals surface area contributed by atoms with Crippen molar-refractivity contribution >= 4 is 12.6 Å². The first kappa shape index (κ1) is 12.0. The number of nitrogens with two attached hydrogens (primary N) is 1. The molecule has 1 aliphatic rings. The lowest BCUT2D eigenvalue weighted by atomic mass is 9.84. The van der Waals surface area contributed by atoms with Crippen molar-refractivity contribution in [1.82, 2.24) is 0 Å². The Balaban J connectivity index is 2.06. The molecule has 0 amide bonds. The molecule has 0 saturated heterocycles. The van der Waals surface area contributed by atoms with Gasteiger partial charge in [0.15, 0.2) is 0 Å². The van der Waals surface area contributed by atoms with Crippen molar-refractivity contribution < 1.29 is 0 Å². The highest BCUT2D eigenvalue weighted by atomic mass is 32.1.